The largest absolute Gasteiger partial charge is 0.340 e. The van der Waals surface area contributed by atoms with Gasteiger partial charge in [-0.15, -0.1) is 0 Å². The number of nitrogens with one attached hydrogen (secondary N) is 1. The Morgan fingerprint density at radius 2 is 2.11 bits per heavy atom. The standard InChI is InChI=1S/C13H16N4O2/c1-17(9-6-10-4-7-14-8-5-10)13(19)11-2-3-12(18)16-15-11/h4-5,7-8H,2-3,6,9H2,1H3,(H,16,18). The Kier molecular flexibility index (Phi) is 4.22. The Bertz CT molecular complexity index is 499. The van der Waals surface area contributed by atoms with Gasteiger partial charge >= 0.3 is 0 Å². The number of amides is 2. The van der Waals surface area contributed by atoms with E-state index in [1.165, 1.54) is 0 Å². The number of hydrogen-bond donors (Lipinski definition) is 1. The smallest absolute Gasteiger partial charge is 0.269 e. The molecule has 1 aromatic heterocycles. The fourth-order valence-corrected chi connectivity index (χ4v) is 1.80. The maximum atomic E-state index is 12.1. The van der Waals surface area contributed by atoms with Crippen molar-refractivity contribution in [3.63, 3.8) is 0 Å². The summed E-state index contributed by atoms with van der Waals surface area (Å²) in [5.74, 6) is -0.273. The third kappa shape index (κ3) is 3.61. The molecule has 0 spiro atoms. The number of carbonyl (C=O) groups excluding carboxylic acids is 2. The van der Waals surface area contributed by atoms with Crippen LogP contribution in [0.3, 0.4) is 0 Å². The van der Waals surface area contributed by atoms with Crippen LogP contribution in [0.15, 0.2) is 29.6 Å². The molecule has 0 saturated heterocycles. The van der Waals surface area contributed by atoms with Crippen molar-refractivity contribution in [2.45, 2.75) is 19.3 Å². The predicted molar refractivity (Wildman–Crippen MR) is 70.4 cm³/mol. The lowest BCUT2D eigenvalue weighted by atomic mass is 10.1. The summed E-state index contributed by atoms with van der Waals surface area (Å²) in [4.78, 5) is 28.6. The van der Waals surface area contributed by atoms with E-state index >= 15 is 0 Å². The van der Waals surface area contributed by atoms with E-state index in [1.54, 1.807) is 24.3 Å². The van der Waals surface area contributed by atoms with Gasteiger partial charge in [0.1, 0.15) is 5.71 Å². The van der Waals surface area contributed by atoms with Crippen LogP contribution >= 0.6 is 0 Å². The van der Waals surface area contributed by atoms with Crippen LogP contribution in [0, 0.1) is 0 Å². The first kappa shape index (κ1) is 13.2. The maximum Gasteiger partial charge on any atom is 0.269 e. The molecule has 2 rings (SSSR count). The molecule has 0 aromatic carbocycles. The molecule has 0 saturated carbocycles. The highest BCUT2D eigenvalue weighted by Crippen LogP contribution is 2.04. The van der Waals surface area contributed by atoms with E-state index in [2.05, 4.69) is 15.5 Å². The normalized spacial score (nSPS) is 14.6. The van der Waals surface area contributed by atoms with E-state index in [-0.39, 0.29) is 11.8 Å². The molecule has 1 aliphatic rings. The van der Waals surface area contributed by atoms with Crippen LogP contribution < -0.4 is 5.43 Å². The molecule has 100 valence electrons. The quantitative estimate of drug-likeness (QED) is 0.848. The first-order valence-electron chi connectivity index (χ1n) is 6.16. The minimum Gasteiger partial charge on any atom is -0.340 e. The highest BCUT2D eigenvalue weighted by atomic mass is 16.2. The minimum absolute atomic E-state index is 0.131. The summed E-state index contributed by atoms with van der Waals surface area (Å²) >= 11 is 0. The van der Waals surface area contributed by atoms with Gasteiger partial charge in [-0.25, -0.2) is 5.43 Å². The van der Waals surface area contributed by atoms with Gasteiger partial charge < -0.3 is 4.90 Å². The van der Waals surface area contributed by atoms with Crippen LogP contribution in [0.4, 0.5) is 0 Å². The van der Waals surface area contributed by atoms with Crippen LogP contribution in [-0.4, -0.2) is 41.0 Å². The molecule has 0 bridgehead atoms. The number of nitrogens with zero attached hydrogens (tertiary/aromatic N) is 3. The van der Waals surface area contributed by atoms with Crippen LogP contribution in [-0.2, 0) is 16.0 Å². The first-order valence-corrected chi connectivity index (χ1v) is 6.16. The molecule has 2 amide bonds. The number of hydrogen-bond acceptors (Lipinski definition) is 4. The number of rotatable bonds is 4. The van der Waals surface area contributed by atoms with E-state index in [0.29, 0.717) is 25.1 Å². The SMILES string of the molecule is CN(CCc1ccncc1)C(=O)C1=NNC(=O)CC1. The van der Waals surface area contributed by atoms with Crippen LogP contribution in [0.1, 0.15) is 18.4 Å². The molecule has 0 radical (unpaired) electrons. The Morgan fingerprint density at radius 3 is 2.74 bits per heavy atom. The van der Waals surface area contributed by atoms with Gasteiger partial charge in [-0.1, -0.05) is 0 Å². The average Bonchev–Trinajstić information content (AvgIpc) is 2.46. The van der Waals surface area contributed by atoms with Gasteiger partial charge in [0.05, 0.1) is 0 Å². The third-order valence-corrected chi connectivity index (χ3v) is 2.98. The molecular weight excluding hydrogens is 244 g/mol. The van der Waals surface area contributed by atoms with E-state index in [0.717, 1.165) is 12.0 Å². The summed E-state index contributed by atoms with van der Waals surface area (Å²) in [7, 11) is 1.74. The molecule has 0 unspecified atom stereocenters. The highest BCUT2D eigenvalue weighted by molar-refractivity contribution is 6.39. The number of likely N-dealkylation sites (N-methyl/N-ethyl adjacent to an activating group) is 1. The second-order valence-electron chi connectivity index (χ2n) is 4.43. The van der Waals surface area contributed by atoms with Gasteiger partial charge in [-0.3, -0.25) is 14.6 Å². The second-order valence-corrected chi connectivity index (χ2v) is 4.43. The van der Waals surface area contributed by atoms with Gasteiger partial charge in [0, 0.05) is 38.8 Å². The minimum atomic E-state index is -0.143. The lowest BCUT2D eigenvalue weighted by Crippen LogP contribution is -2.38. The average molecular weight is 260 g/mol. The molecule has 19 heavy (non-hydrogen) atoms. The van der Waals surface area contributed by atoms with E-state index in [4.69, 9.17) is 0 Å². The van der Waals surface area contributed by atoms with Crippen molar-refractivity contribution >= 4 is 17.5 Å². The first-order chi connectivity index (χ1) is 9.16. The van der Waals surface area contributed by atoms with E-state index in [1.807, 2.05) is 12.1 Å². The van der Waals surface area contributed by atoms with E-state index < -0.39 is 0 Å². The van der Waals surface area contributed by atoms with Gasteiger partial charge in [0.15, 0.2) is 0 Å². The Hall–Kier alpha value is -2.24. The zero-order chi connectivity index (χ0) is 13.7. The lowest BCUT2D eigenvalue weighted by Gasteiger charge is -2.19. The predicted octanol–water partition coefficient (Wildman–Crippen LogP) is 0.348. The summed E-state index contributed by atoms with van der Waals surface area (Å²) in [5.41, 5.74) is 3.88. The Labute approximate surface area is 111 Å². The van der Waals surface area contributed by atoms with Crippen molar-refractivity contribution in [2.24, 2.45) is 5.10 Å². The van der Waals surface area contributed by atoms with Crippen molar-refractivity contribution in [2.75, 3.05) is 13.6 Å². The zero-order valence-electron chi connectivity index (χ0n) is 10.8. The molecule has 2 heterocycles. The fraction of sp³-hybridized carbons (Fsp3) is 0.385. The summed E-state index contributed by atoms with van der Waals surface area (Å²) < 4.78 is 0. The lowest BCUT2D eigenvalue weighted by molar-refractivity contribution is -0.123. The number of pyridine rings is 1. The van der Waals surface area contributed by atoms with E-state index in [9.17, 15) is 9.59 Å². The molecule has 1 N–H and O–H groups in total. The molecule has 1 aliphatic heterocycles. The Morgan fingerprint density at radius 1 is 1.37 bits per heavy atom. The molecule has 6 nitrogen and oxygen atoms in total. The highest BCUT2D eigenvalue weighted by Gasteiger charge is 2.21. The molecular formula is C13H16N4O2. The number of aromatic nitrogens is 1. The van der Waals surface area contributed by atoms with Crippen LogP contribution in [0.2, 0.25) is 0 Å². The second kappa shape index (κ2) is 6.08. The van der Waals surface area contributed by atoms with Crippen LogP contribution in [0.25, 0.3) is 0 Å². The van der Waals surface area contributed by atoms with Gasteiger partial charge in [0.25, 0.3) is 5.91 Å². The number of carbonyl (C=O) groups is 2. The zero-order valence-corrected chi connectivity index (χ0v) is 10.8. The third-order valence-electron chi connectivity index (χ3n) is 2.98. The number of hydrazone groups is 1. The molecule has 0 aliphatic carbocycles. The topological polar surface area (TPSA) is 74.7 Å². The fourth-order valence-electron chi connectivity index (χ4n) is 1.80. The summed E-state index contributed by atoms with van der Waals surface area (Å²) in [5, 5.41) is 3.80. The molecule has 6 heteroatoms. The van der Waals surface area contributed by atoms with Crippen molar-refractivity contribution in [1.29, 1.82) is 0 Å². The van der Waals surface area contributed by atoms with Crippen LogP contribution in [0.5, 0.6) is 0 Å². The summed E-state index contributed by atoms with van der Waals surface area (Å²) in [6, 6.07) is 3.85. The molecule has 0 fully saturated rings. The molecule has 1 aromatic rings. The van der Waals surface area contributed by atoms with Gasteiger partial charge in [-0.2, -0.15) is 5.10 Å². The van der Waals surface area contributed by atoms with Crippen molar-refractivity contribution in [3.8, 4) is 0 Å². The van der Waals surface area contributed by atoms with Gasteiger partial charge in [0.2, 0.25) is 5.91 Å². The van der Waals surface area contributed by atoms with Crippen molar-refractivity contribution in [3.05, 3.63) is 30.1 Å². The van der Waals surface area contributed by atoms with Crippen molar-refractivity contribution in [1.82, 2.24) is 15.3 Å². The summed E-state index contributed by atoms with van der Waals surface area (Å²) in [6.07, 6.45) is 4.97. The monoisotopic (exact) mass is 260 g/mol. The maximum absolute atomic E-state index is 12.1. The molecule has 0 atom stereocenters. The van der Waals surface area contributed by atoms with Gasteiger partial charge in [-0.05, 0) is 24.1 Å². The Balaban J connectivity index is 1.88. The van der Waals surface area contributed by atoms with Crippen molar-refractivity contribution < 1.29 is 9.59 Å². The summed E-state index contributed by atoms with van der Waals surface area (Å²) in [6.45, 7) is 0.607.